The van der Waals surface area contributed by atoms with Gasteiger partial charge in [0.25, 0.3) is 0 Å². The standard InChI is InChI=1S/C14H7BrClF3O/c15-11-2-1-10(14(19)13(11)16)12(20)5-7-3-8(17)6-9(18)4-7/h1-4,6H,5H2. The van der Waals surface area contributed by atoms with Crippen molar-refractivity contribution < 1.29 is 18.0 Å². The lowest BCUT2D eigenvalue weighted by atomic mass is 10.0. The van der Waals surface area contributed by atoms with Gasteiger partial charge in [0.05, 0.1) is 10.6 Å². The molecule has 2 rings (SSSR count). The summed E-state index contributed by atoms with van der Waals surface area (Å²) in [5, 5.41) is -0.207. The minimum Gasteiger partial charge on any atom is -0.294 e. The van der Waals surface area contributed by atoms with Crippen molar-refractivity contribution in [3.05, 3.63) is 68.4 Å². The van der Waals surface area contributed by atoms with Crippen LogP contribution in [0.25, 0.3) is 0 Å². The molecule has 0 N–H and O–H groups in total. The number of hydrogen-bond acceptors (Lipinski definition) is 1. The van der Waals surface area contributed by atoms with E-state index in [-0.39, 0.29) is 22.6 Å². The van der Waals surface area contributed by atoms with Crippen molar-refractivity contribution in [3.8, 4) is 0 Å². The maximum absolute atomic E-state index is 13.8. The molecule has 0 fully saturated rings. The molecule has 0 atom stereocenters. The first-order valence-electron chi connectivity index (χ1n) is 5.50. The fourth-order valence-electron chi connectivity index (χ4n) is 1.73. The van der Waals surface area contributed by atoms with Crippen LogP contribution in [0, 0.1) is 17.5 Å². The highest BCUT2D eigenvalue weighted by Gasteiger charge is 2.17. The molecule has 0 aliphatic rings. The van der Waals surface area contributed by atoms with Gasteiger partial charge in [-0.2, -0.15) is 0 Å². The van der Waals surface area contributed by atoms with Crippen LogP contribution in [-0.2, 0) is 6.42 Å². The molecule has 6 heteroatoms. The number of hydrogen-bond donors (Lipinski definition) is 0. The molecule has 0 aliphatic heterocycles. The van der Waals surface area contributed by atoms with E-state index < -0.39 is 23.2 Å². The van der Waals surface area contributed by atoms with E-state index in [1.165, 1.54) is 12.1 Å². The Balaban J connectivity index is 2.31. The van der Waals surface area contributed by atoms with Gasteiger partial charge in [-0.1, -0.05) is 11.6 Å². The Labute approximate surface area is 126 Å². The van der Waals surface area contributed by atoms with Gasteiger partial charge in [-0.25, -0.2) is 13.2 Å². The summed E-state index contributed by atoms with van der Waals surface area (Å²) in [6, 6.07) is 5.46. The predicted octanol–water partition coefficient (Wildman–Crippen LogP) is 4.95. The van der Waals surface area contributed by atoms with E-state index in [9.17, 15) is 18.0 Å². The lowest BCUT2D eigenvalue weighted by molar-refractivity contribution is 0.0989. The van der Waals surface area contributed by atoms with E-state index in [0.717, 1.165) is 12.1 Å². The van der Waals surface area contributed by atoms with Gasteiger partial charge in [0.15, 0.2) is 11.6 Å². The van der Waals surface area contributed by atoms with Gasteiger partial charge in [-0.05, 0) is 45.8 Å². The average molecular weight is 364 g/mol. The number of benzene rings is 2. The van der Waals surface area contributed by atoms with Crippen LogP contribution in [0.1, 0.15) is 15.9 Å². The van der Waals surface area contributed by atoms with Gasteiger partial charge < -0.3 is 0 Å². The van der Waals surface area contributed by atoms with Gasteiger partial charge in [0.1, 0.15) is 11.6 Å². The van der Waals surface area contributed by atoms with Crippen LogP contribution in [0.3, 0.4) is 0 Å². The Bertz CT molecular complexity index is 668. The summed E-state index contributed by atoms with van der Waals surface area (Å²) < 4.78 is 40.2. The van der Waals surface area contributed by atoms with Gasteiger partial charge in [0, 0.05) is 17.0 Å². The average Bonchev–Trinajstić information content (AvgIpc) is 2.34. The fourth-order valence-corrected chi connectivity index (χ4v) is 2.21. The maximum atomic E-state index is 13.8. The Morgan fingerprint density at radius 3 is 2.30 bits per heavy atom. The molecular weight excluding hydrogens is 357 g/mol. The lowest BCUT2D eigenvalue weighted by Gasteiger charge is -2.06. The van der Waals surface area contributed by atoms with Gasteiger partial charge >= 0.3 is 0 Å². The van der Waals surface area contributed by atoms with Crippen molar-refractivity contribution in [2.75, 3.05) is 0 Å². The van der Waals surface area contributed by atoms with Crippen molar-refractivity contribution in [2.24, 2.45) is 0 Å². The third kappa shape index (κ3) is 3.22. The number of rotatable bonds is 3. The minimum atomic E-state index is -0.858. The number of ketones is 1. The van der Waals surface area contributed by atoms with E-state index >= 15 is 0 Å². The van der Waals surface area contributed by atoms with Crippen molar-refractivity contribution in [2.45, 2.75) is 6.42 Å². The van der Waals surface area contributed by atoms with Crippen LogP contribution < -0.4 is 0 Å². The van der Waals surface area contributed by atoms with Crippen molar-refractivity contribution in [1.29, 1.82) is 0 Å². The summed E-state index contributed by atoms with van der Waals surface area (Å²) in [5.41, 5.74) is -0.0891. The number of carbonyl (C=O) groups excluding carboxylic acids is 1. The van der Waals surface area contributed by atoms with Crippen LogP contribution in [0.2, 0.25) is 5.02 Å². The van der Waals surface area contributed by atoms with Gasteiger partial charge in [-0.15, -0.1) is 0 Å². The van der Waals surface area contributed by atoms with Crippen molar-refractivity contribution in [3.63, 3.8) is 0 Å². The zero-order valence-corrected chi connectivity index (χ0v) is 12.2. The molecule has 0 saturated carbocycles. The van der Waals surface area contributed by atoms with Crippen LogP contribution in [0.15, 0.2) is 34.8 Å². The largest absolute Gasteiger partial charge is 0.294 e. The molecule has 20 heavy (non-hydrogen) atoms. The Hall–Kier alpha value is -1.33. The molecule has 0 saturated heterocycles. The topological polar surface area (TPSA) is 17.1 Å². The fraction of sp³-hybridized carbons (Fsp3) is 0.0714. The second-order valence-corrected chi connectivity index (χ2v) is 5.33. The molecule has 0 amide bonds. The van der Waals surface area contributed by atoms with E-state index in [4.69, 9.17) is 11.6 Å². The Morgan fingerprint density at radius 2 is 1.70 bits per heavy atom. The normalized spacial score (nSPS) is 10.7. The summed E-state index contributed by atoms with van der Waals surface area (Å²) in [6.07, 6.45) is -0.316. The third-order valence-electron chi connectivity index (χ3n) is 2.62. The highest BCUT2D eigenvalue weighted by Crippen LogP contribution is 2.28. The Morgan fingerprint density at radius 1 is 1.10 bits per heavy atom. The zero-order valence-electron chi connectivity index (χ0n) is 9.89. The molecule has 0 unspecified atom stereocenters. The summed E-state index contributed by atoms with van der Waals surface area (Å²) in [6.45, 7) is 0. The smallest absolute Gasteiger partial charge is 0.170 e. The van der Waals surface area contributed by atoms with E-state index in [1.54, 1.807) is 0 Å². The van der Waals surface area contributed by atoms with E-state index in [1.807, 2.05) is 0 Å². The molecular formula is C14H7BrClF3O. The van der Waals surface area contributed by atoms with Crippen LogP contribution >= 0.6 is 27.5 Å². The highest BCUT2D eigenvalue weighted by atomic mass is 79.9. The molecule has 2 aromatic rings. The molecule has 0 heterocycles. The monoisotopic (exact) mass is 362 g/mol. The summed E-state index contributed by atoms with van der Waals surface area (Å²) in [4.78, 5) is 12.0. The number of Topliss-reactive ketones (excluding diaryl/α,β-unsaturated/α-hetero) is 1. The van der Waals surface area contributed by atoms with Crippen LogP contribution in [-0.4, -0.2) is 5.78 Å². The molecule has 0 aromatic heterocycles. The zero-order chi connectivity index (χ0) is 14.9. The molecule has 0 bridgehead atoms. The molecule has 0 spiro atoms. The minimum absolute atomic E-state index is 0.131. The van der Waals surface area contributed by atoms with E-state index in [0.29, 0.717) is 10.5 Å². The van der Waals surface area contributed by atoms with Crippen LogP contribution in [0.4, 0.5) is 13.2 Å². The predicted molar refractivity (Wildman–Crippen MR) is 73.5 cm³/mol. The Kier molecular flexibility index (Phi) is 4.50. The van der Waals surface area contributed by atoms with Crippen molar-refractivity contribution in [1.82, 2.24) is 0 Å². The number of carbonyl (C=O) groups is 1. The van der Waals surface area contributed by atoms with Crippen molar-refractivity contribution >= 4 is 33.3 Å². The molecule has 1 nitrogen and oxygen atoms in total. The summed E-state index contributed by atoms with van der Waals surface area (Å²) in [5.74, 6) is -3.05. The molecule has 104 valence electrons. The van der Waals surface area contributed by atoms with Gasteiger partial charge in [-0.3, -0.25) is 4.79 Å². The first kappa shape index (κ1) is 15.1. The molecule has 2 aromatic carbocycles. The van der Waals surface area contributed by atoms with E-state index in [2.05, 4.69) is 15.9 Å². The number of halogens is 5. The lowest BCUT2D eigenvalue weighted by Crippen LogP contribution is -2.07. The first-order valence-corrected chi connectivity index (χ1v) is 6.67. The third-order valence-corrected chi connectivity index (χ3v) is 3.88. The maximum Gasteiger partial charge on any atom is 0.170 e. The summed E-state index contributed by atoms with van der Waals surface area (Å²) >= 11 is 8.72. The summed E-state index contributed by atoms with van der Waals surface area (Å²) in [7, 11) is 0. The quantitative estimate of drug-likeness (QED) is 0.557. The SMILES string of the molecule is O=C(Cc1cc(F)cc(F)c1)c1ccc(Br)c(Cl)c1F. The first-order chi connectivity index (χ1) is 9.38. The second-order valence-electron chi connectivity index (χ2n) is 4.10. The van der Waals surface area contributed by atoms with Gasteiger partial charge in [0.2, 0.25) is 0 Å². The molecule has 0 aliphatic carbocycles. The van der Waals surface area contributed by atoms with Crippen LogP contribution in [0.5, 0.6) is 0 Å². The highest BCUT2D eigenvalue weighted by molar-refractivity contribution is 9.10. The molecule has 0 radical (unpaired) electrons. The second kappa shape index (κ2) is 5.97.